The van der Waals surface area contributed by atoms with E-state index >= 15 is 0 Å². The van der Waals surface area contributed by atoms with Crippen LogP contribution in [-0.4, -0.2) is 82.9 Å². The molecule has 0 radical (unpaired) electrons. The number of amides is 1. The van der Waals surface area contributed by atoms with Gasteiger partial charge in [-0.1, -0.05) is 12.1 Å². The van der Waals surface area contributed by atoms with Crippen LogP contribution in [0.25, 0.3) is 0 Å². The number of carbonyl (C=O) groups is 2. The molecule has 1 amide bonds. The molecule has 0 aliphatic carbocycles. The lowest BCUT2D eigenvalue weighted by Crippen LogP contribution is -3.12. The second-order valence-electron chi connectivity index (χ2n) is 7.45. The molecule has 0 bridgehead atoms. The molecule has 2 aliphatic rings. The fraction of sp³-hybridized carbons (Fsp3) is 0.579. The molecule has 1 N–H and O–H groups in total. The van der Waals surface area contributed by atoms with E-state index in [0.29, 0.717) is 12.8 Å². The highest BCUT2D eigenvalue weighted by Gasteiger charge is 2.36. The highest BCUT2D eigenvalue weighted by molar-refractivity contribution is 7.89. The van der Waals surface area contributed by atoms with E-state index in [1.54, 1.807) is 12.1 Å². The largest absolute Gasteiger partial charge is 0.465 e. The van der Waals surface area contributed by atoms with Gasteiger partial charge in [0.1, 0.15) is 0 Å². The van der Waals surface area contributed by atoms with Crippen LogP contribution in [0.3, 0.4) is 0 Å². The maximum Gasteiger partial charge on any atom is 0.339 e. The number of carbonyl (C=O) groups excluding carboxylic acids is 2. The normalized spacial score (nSPS) is 20.1. The number of sulfonamides is 1. The number of methoxy groups -OCH3 is 1. The maximum absolute atomic E-state index is 13.1. The van der Waals surface area contributed by atoms with E-state index in [4.69, 9.17) is 4.74 Å². The summed E-state index contributed by atoms with van der Waals surface area (Å²) in [6.45, 7) is 3.96. The lowest BCUT2D eigenvalue weighted by atomic mass is 9.96. The van der Waals surface area contributed by atoms with Gasteiger partial charge in [-0.15, -0.1) is 0 Å². The molecule has 0 aromatic heterocycles. The van der Waals surface area contributed by atoms with Crippen LogP contribution in [0.15, 0.2) is 29.2 Å². The molecule has 8 nitrogen and oxygen atoms in total. The predicted molar refractivity (Wildman–Crippen MR) is 102 cm³/mol. The van der Waals surface area contributed by atoms with Crippen molar-refractivity contribution in [2.24, 2.45) is 5.92 Å². The monoisotopic (exact) mass is 410 g/mol. The maximum atomic E-state index is 13.1. The summed E-state index contributed by atoms with van der Waals surface area (Å²) >= 11 is 0. The number of esters is 1. The van der Waals surface area contributed by atoms with E-state index in [0.717, 1.165) is 26.2 Å². The summed E-state index contributed by atoms with van der Waals surface area (Å²) in [7, 11) is -0.478. The van der Waals surface area contributed by atoms with E-state index in [-0.39, 0.29) is 35.4 Å². The van der Waals surface area contributed by atoms with Gasteiger partial charge in [0.2, 0.25) is 15.9 Å². The second-order valence-corrected chi connectivity index (χ2v) is 9.35. The number of nitrogens with one attached hydrogen (secondary N) is 1. The van der Waals surface area contributed by atoms with Gasteiger partial charge in [0, 0.05) is 19.0 Å². The molecule has 9 heteroatoms. The number of hydrogen-bond acceptors (Lipinski definition) is 5. The van der Waals surface area contributed by atoms with Crippen LogP contribution < -0.4 is 4.90 Å². The van der Waals surface area contributed by atoms with Crippen molar-refractivity contribution in [3.05, 3.63) is 29.8 Å². The van der Waals surface area contributed by atoms with Crippen molar-refractivity contribution in [1.82, 2.24) is 9.21 Å². The van der Waals surface area contributed by atoms with E-state index in [1.807, 2.05) is 4.90 Å². The first-order chi connectivity index (χ1) is 13.3. The van der Waals surface area contributed by atoms with Gasteiger partial charge < -0.3 is 14.5 Å². The van der Waals surface area contributed by atoms with Gasteiger partial charge in [-0.3, -0.25) is 4.79 Å². The van der Waals surface area contributed by atoms with Crippen LogP contribution >= 0.6 is 0 Å². The zero-order chi connectivity index (χ0) is 20.3. The summed E-state index contributed by atoms with van der Waals surface area (Å²) in [6, 6.07) is 6.06. The first-order valence-electron chi connectivity index (χ1n) is 9.62. The Hall–Kier alpha value is -1.97. The molecule has 1 aromatic carbocycles. The molecule has 28 heavy (non-hydrogen) atoms. The summed E-state index contributed by atoms with van der Waals surface area (Å²) in [5.74, 6) is -0.679. The minimum atomic E-state index is -3.82. The van der Waals surface area contributed by atoms with E-state index in [2.05, 4.69) is 7.05 Å². The van der Waals surface area contributed by atoms with Crippen LogP contribution in [0.1, 0.15) is 23.2 Å². The Bertz CT molecular complexity index is 826. The Morgan fingerprint density at radius 1 is 1.07 bits per heavy atom. The first-order valence-corrected chi connectivity index (χ1v) is 11.1. The Morgan fingerprint density at radius 3 is 2.29 bits per heavy atom. The summed E-state index contributed by atoms with van der Waals surface area (Å²) < 4.78 is 32.2. The molecular weight excluding hydrogens is 382 g/mol. The van der Waals surface area contributed by atoms with Gasteiger partial charge in [-0.25, -0.2) is 13.2 Å². The Balaban J connectivity index is 1.68. The molecule has 0 unspecified atom stereocenters. The van der Waals surface area contributed by atoms with Gasteiger partial charge >= 0.3 is 5.97 Å². The molecule has 2 aliphatic heterocycles. The molecule has 0 saturated carbocycles. The van der Waals surface area contributed by atoms with Crippen molar-refractivity contribution in [1.29, 1.82) is 0 Å². The predicted octanol–water partition coefficient (Wildman–Crippen LogP) is -0.769. The number of likely N-dealkylation sites (N-methyl/N-ethyl adjacent to an activating group) is 1. The first kappa shape index (κ1) is 20.8. The molecule has 0 atom stereocenters. The molecule has 3 rings (SSSR count). The van der Waals surface area contributed by atoms with Crippen molar-refractivity contribution < 1.29 is 27.6 Å². The molecule has 2 saturated heterocycles. The fourth-order valence-corrected chi connectivity index (χ4v) is 5.47. The molecule has 2 heterocycles. The molecule has 0 spiro atoms. The van der Waals surface area contributed by atoms with E-state index < -0.39 is 16.0 Å². The van der Waals surface area contributed by atoms with Crippen LogP contribution in [-0.2, 0) is 19.6 Å². The molecule has 1 aromatic rings. The Kier molecular flexibility index (Phi) is 6.36. The van der Waals surface area contributed by atoms with Crippen LogP contribution in [0.2, 0.25) is 0 Å². The van der Waals surface area contributed by atoms with Crippen LogP contribution in [0, 0.1) is 5.92 Å². The van der Waals surface area contributed by atoms with Crippen molar-refractivity contribution in [2.45, 2.75) is 17.7 Å². The second kappa shape index (κ2) is 8.59. The highest BCUT2D eigenvalue weighted by Crippen LogP contribution is 2.27. The summed E-state index contributed by atoms with van der Waals surface area (Å²) in [5, 5.41) is 0. The SMILES string of the molecule is COC(=O)c1ccccc1S(=O)(=O)N1CCC(C(=O)N2CC[NH+](C)CC2)CC1. The number of hydrogen-bond donors (Lipinski definition) is 1. The Labute approximate surface area is 166 Å². The van der Waals surface area contributed by atoms with Crippen molar-refractivity contribution in [3.63, 3.8) is 0 Å². The van der Waals surface area contributed by atoms with E-state index in [1.165, 1.54) is 28.4 Å². The van der Waals surface area contributed by atoms with Gasteiger partial charge in [0.05, 0.1) is 50.8 Å². The third-order valence-corrected chi connectivity index (χ3v) is 7.60. The average molecular weight is 411 g/mol. The lowest BCUT2D eigenvalue weighted by molar-refractivity contribution is -0.883. The van der Waals surface area contributed by atoms with Crippen LogP contribution in [0.5, 0.6) is 0 Å². The summed E-state index contributed by atoms with van der Waals surface area (Å²) in [4.78, 5) is 28.0. The van der Waals surface area contributed by atoms with Gasteiger partial charge in [0.15, 0.2) is 0 Å². The van der Waals surface area contributed by atoms with E-state index in [9.17, 15) is 18.0 Å². The highest BCUT2D eigenvalue weighted by atomic mass is 32.2. The molecular formula is C19H28N3O5S+. The van der Waals surface area contributed by atoms with Gasteiger partial charge in [-0.05, 0) is 25.0 Å². The molecule has 2 fully saturated rings. The smallest absolute Gasteiger partial charge is 0.339 e. The third-order valence-electron chi connectivity index (χ3n) is 5.64. The third kappa shape index (κ3) is 4.21. The minimum absolute atomic E-state index is 0.0307. The zero-order valence-corrected chi connectivity index (χ0v) is 17.2. The average Bonchev–Trinajstić information content (AvgIpc) is 2.73. The summed E-state index contributed by atoms with van der Waals surface area (Å²) in [6.07, 6.45) is 0.995. The zero-order valence-electron chi connectivity index (χ0n) is 16.4. The lowest BCUT2D eigenvalue weighted by Gasteiger charge is -2.36. The topological polar surface area (TPSA) is 88.4 Å². The Morgan fingerprint density at radius 2 is 1.68 bits per heavy atom. The number of nitrogens with zero attached hydrogens (tertiary/aromatic N) is 2. The number of ether oxygens (including phenoxy) is 1. The fourth-order valence-electron chi connectivity index (χ4n) is 3.82. The van der Waals surface area contributed by atoms with Crippen LogP contribution in [0.4, 0.5) is 0 Å². The van der Waals surface area contributed by atoms with Crippen molar-refractivity contribution >= 4 is 21.9 Å². The van der Waals surface area contributed by atoms with Crippen molar-refractivity contribution in [2.75, 3.05) is 53.4 Å². The standard InChI is InChI=1S/C19H27N3O5S/c1-20-11-13-21(14-12-20)18(23)15-7-9-22(10-8-15)28(25,26)17-6-4-3-5-16(17)19(24)27-2/h3-6,15H,7-14H2,1-2H3/p+1. The van der Waals surface area contributed by atoms with Gasteiger partial charge in [0.25, 0.3) is 0 Å². The number of quaternary nitrogens is 1. The number of piperazine rings is 1. The van der Waals surface area contributed by atoms with Gasteiger partial charge in [-0.2, -0.15) is 4.31 Å². The summed E-state index contributed by atoms with van der Waals surface area (Å²) in [5.41, 5.74) is 0.0307. The number of benzene rings is 1. The minimum Gasteiger partial charge on any atom is -0.465 e. The van der Waals surface area contributed by atoms with Crippen molar-refractivity contribution in [3.8, 4) is 0 Å². The quantitative estimate of drug-likeness (QED) is 0.659. The molecule has 154 valence electrons. The number of rotatable bonds is 4. The number of piperidine rings is 1.